The third kappa shape index (κ3) is 2.55. The molecular formula is C14H18N6O. The van der Waals surface area contributed by atoms with Crippen LogP contribution in [0, 0.1) is 5.92 Å². The Hall–Kier alpha value is -1.83. The summed E-state index contributed by atoms with van der Waals surface area (Å²) in [5, 5.41) is 7.45. The zero-order chi connectivity index (χ0) is 14.1. The van der Waals surface area contributed by atoms with E-state index in [1.54, 1.807) is 12.4 Å². The van der Waals surface area contributed by atoms with Crippen LogP contribution in [-0.4, -0.2) is 34.3 Å². The van der Waals surface area contributed by atoms with E-state index in [0.29, 0.717) is 23.7 Å². The van der Waals surface area contributed by atoms with E-state index in [1.165, 1.54) is 6.42 Å². The molecule has 4 rings (SSSR count). The fourth-order valence-corrected chi connectivity index (χ4v) is 3.06. The smallest absolute Gasteiger partial charge is 0.245 e. The molecule has 0 radical (unpaired) electrons. The molecule has 7 nitrogen and oxygen atoms in total. The van der Waals surface area contributed by atoms with E-state index in [0.717, 1.165) is 25.1 Å². The zero-order valence-corrected chi connectivity index (χ0v) is 11.6. The molecule has 2 aromatic rings. The lowest BCUT2D eigenvalue weighted by atomic mass is 9.95. The summed E-state index contributed by atoms with van der Waals surface area (Å²) in [6.07, 6.45) is 5.66. The molecule has 3 unspecified atom stereocenters. The van der Waals surface area contributed by atoms with Gasteiger partial charge in [0, 0.05) is 24.0 Å². The number of pyridine rings is 1. The molecule has 3 atom stereocenters. The van der Waals surface area contributed by atoms with Crippen molar-refractivity contribution in [3.8, 4) is 11.4 Å². The van der Waals surface area contributed by atoms with Crippen LogP contribution in [-0.2, 0) is 0 Å². The molecule has 0 aliphatic carbocycles. The first-order chi connectivity index (χ1) is 10.4. The first-order valence-corrected chi connectivity index (χ1v) is 7.36. The lowest BCUT2D eigenvalue weighted by Gasteiger charge is -2.15. The summed E-state index contributed by atoms with van der Waals surface area (Å²) in [4.78, 5) is 8.56. The molecule has 2 aromatic heterocycles. The van der Waals surface area contributed by atoms with Crippen molar-refractivity contribution in [2.45, 2.75) is 24.9 Å². The van der Waals surface area contributed by atoms with Gasteiger partial charge in [0.2, 0.25) is 11.7 Å². The number of hydrogen-bond acceptors (Lipinski definition) is 7. The van der Waals surface area contributed by atoms with Crippen LogP contribution >= 0.6 is 0 Å². The molecule has 2 fully saturated rings. The van der Waals surface area contributed by atoms with Crippen LogP contribution in [0.1, 0.15) is 24.8 Å². The topological polar surface area (TPSA) is 87.9 Å². The summed E-state index contributed by atoms with van der Waals surface area (Å²) in [7, 11) is 0. The maximum absolute atomic E-state index is 5.41. The van der Waals surface area contributed by atoms with Crippen molar-refractivity contribution in [3.05, 3.63) is 30.4 Å². The molecule has 0 amide bonds. The van der Waals surface area contributed by atoms with Crippen LogP contribution in [0.5, 0.6) is 0 Å². The molecule has 0 saturated carbocycles. The molecule has 21 heavy (non-hydrogen) atoms. The van der Waals surface area contributed by atoms with Gasteiger partial charge in [0.25, 0.3) is 0 Å². The van der Waals surface area contributed by atoms with Crippen molar-refractivity contribution in [2.75, 3.05) is 13.1 Å². The van der Waals surface area contributed by atoms with Crippen molar-refractivity contribution in [1.29, 1.82) is 0 Å². The molecule has 7 heteroatoms. The number of hydrazine groups is 1. The van der Waals surface area contributed by atoms with Gasteiger partial charge in [-0.15, -0.1) is 0 Å². The van der Waals surface area contributed by atoms with Gasteiger partial charge in [-0.1, -0.05) is 5.16 Å². The molecule has 2 saturated heterocycles. The third-order valence-corrected chi connectivity index (χ3v) is 4.26. The van der Waals surface area contributed by atoms with Crippen molar-refractivity contribution in [3.63, 3.8) is 0 Å². The molecular weight excluding hydrogens is 268 g/mol. The van der Waals surface area contributed by atoms with Crippen LogP contribution in [0.4, 0.5) is 0 Å². The van der Waals surface area contributed by atoms with Gasteiger partial charge in [-0.3, -0.25) is 10.4 Å². The van der Waals surface area contributed by atoms with Gasteiger partial charge in [-0.2, -0.15) is 4.98 Å². The van der Waals surface area contributed by atoms with E-state index in [9.17, 15) is 0 Å². The summed E-state index contributed by atoms with van der Waals surface area (Å²) in [5.41, 5.74) is 7.51. The summed E-state index contributed by atoms with van der Waals surface area (Å²) in [6.45, 7) is 2.19. The highest BCUT2D eigenvalue weighted by Gasteiger charge is 2.35. The van der Waals surface area contributed by atoms with E-state index < -0.39 is 0 Å². The standard InChI is InChI=1S/C14H18N6O/c1-2-10(8-15-4-1)13-17-14(21-20-13)12-6-11(18-19-12)9-3-5-16-7-9/h1-2,4,8-9,11-12,16,18-19H,3,5-7H2. The van der Waals surface area contributed by atoms with E-state index in [2.05, 4.69) is 31.3 Å². The van der Waals surface area contributed by atoms with Crippen molar-refractivity contribution in [2.24, 2.45) is 5.92 Å². The molecule has 2 aliphatic heterocycles. The first-order valence-electron chi connectivity index (χ1n) is 7.36. The van der Waals surface area contributed by atoms with Crippen molar-refractivity contribution in [1.82, 2.24) is 31.3 Å². The largest absolute Gasteiger partial charge is 0.337 e. The summed E-state index contributed by atoms with van der Waals surface area (Å²) < 4.78 is 5.41. The van der Waals surface area contributed by atoms with Gasteiger partial charge in [0.05, 0.1) is 0 Å². The second-order valence-electron chi connectivity index (χ2n) is 5.63. The Morgan fingerprint density at radius 2 is 2.29 bits per heavy atom. The predicted molar refractivity (Wildman–Crippen MR) is 75.9 cm³/mol. The Morgan fingerprint density at radius 1 is 1.29 bits per heavy atom. The number of hydrogen-bond donors (Lipinski definition) is 3. The molecule has 0 bridgehead atoms. The average Bonchev–Trinajstić information content (AvgIpc) is 3.27. The lowest BCUT2D eigenvalue weighted by molar-refractivity contribution is 0.339. The minimum atomic E-state index is 0.0773. The Labute approximate surface area is 122 Å². The molecule has 0 aromatic carbocycles. The fourth-order valence-electron chi connectivity index (χ4n) is 3.06. The SMILES string of the molecule is c1cncc(-c2noc(C3CC(C4CCNC4)NN3)n2)c1. The third-order valence-electron chi connectivity index (χ3n) is 4.26. The Morgan fingerprint density at radius 3 is 3.10 bits per heavy atom. The number of nitrogens with zero attached hydrogens (tertiary/aromatic N) is 3. The van der Waals surface area contributed by atoms with Crippen LogP contribution in [0.15, 0.2) is 29.0 Å². The van der Waals surface area contributed by atoms with Crippen molar-refractivity contribution >= 4 is 0 Å². The lowest BCUT2D eigenvalue weighted by Crippen LogP contribution is -2.36. The zero-order valence-electron chi connectivity index (χ0n) is 11.6. The maximum Gasteiger partial charge on any atom is 0.245 e. The normalized spacial score (nSPS) is 29.0. The highest BCUT2D eigenvalue weighted by Crippen LogP contribution is 2.28. The second-order valence-corrected chi connectivity index (χ2v) is 5.63. The summed E-state index contributed by atoms with van der Waals surface area (Å²) >= 11 is 0. The highest BCUT2D eigenvalue weighted by atomic mass is 16.5. The maximum atomic E-state index is 5.41. The van der Waals surface area contributed by atoms with Crippen LogP contribution in [0.25, 0.3) is 11.4 Å². The number of aromatic nitrogens is 3. The van der Waals surface area contributed by atoms with Gasteiger partial charge < -0.3 is 9.84 Å². The molecule has 3 N–H and O–H groups in total. The van der Waals surface area contributed by atoms with E-state index in [-0.39, 0.29) is 6.04 Å². The molecule has 2 aliphatic rings. The van der Waals surface area contributed by atoms with Gasteiger partial charge in [-0.25, -0.2) is 5.43 Å². The first kappa shape index (κ1) is 12.9. The van der Waals surface area contributed by atoms with E-state index in [4.69, 9.17) is 4.52 Å². The van der Waals surface area contributed by atoms with Gasteiger partial charge in [0.15, 0.2) is 0 Å². The number of nitrogens with one attached hydrogen (secondary N) is 3. The van der Waals surface area contributed by atoms with Crippen LogP contribution in [0.2, 0.25) is 0 Å². The second kappa shape index (κ2) is 5.51. The van der Waals surface area contributed by atoms with Gasteiger partial charge >= 0.3 is 0 Å². The van der Waals surface area contributed by atoms with E-state index in [1.807, 2.05) is 12.1 Å². The predicted octanol–water partition coefficient (Wildman–Crippen LogP) is 0.649. The fraction of sp³-hybridized carbons (Fsp3) is 0.500. The Bertz CT molecular complexity index is 595. The number of rotatable bonds is 3. The van der Waals surface area contributed by atoms with Crippen LogP contribution < -0.4 is 16.2 Å². The van der Waals surface area contributed by atoms with Gasteiger partial charge in [-0.05, 0) is 44.0 Å². The average molecular weight is 286 g/mol. The van der Waals surface area contributed by atoms with Crippen LogP contribution in [0.3, 0.4) is 0 Å². The van der Waals surface area contributed by atoms with Gasteiger partial charge in [0.1, 0.15) is 6.04 Å². The summed E-state index contributed by atoms with van der Waals surface area (Å²) in [6, 6.07) is 4.33. The van der Waals surface area contributed by atoms with Crippen molar-refractivity contribution < 1.29 is 4.52 Å². The minimum Gasteiger partial charge on any atom is -0.337 e. The summed E-state index contributed by atoms with van der Waals surface area (Å²) in [5.74, 6) is 1.89. The molecule has 4 heterocycles. The highest BCUT2D eigenvalue weighted by molar-refractivity contribution is 5.51. The monoisotopic (exact) mass is 286 g/mol. The Balaban J connectivity index is 1.47. The van der Waals surface area contributed by atoms with E-state index >= 15 is 0 Å². The quantitative estimate of drug-likeness (QED) is 0.763. The Kier molecular flexibility index (Phi) is 3.38. The molecule has 0 spiro atoms. The minimum absolute atomic E-state index is 0.0773. The molecule has 110 valence electrons.